The molecule has 33 heavy (non-hydrogen) atoms. The lowest BCUT2D eigenvalue weighted by Gasteiger charge is -2.44. The van der Waals surface area contributed by atoms with Gasteiger partial charge in [0, 0.05) is 18.8 Å². The average Bonchev–Trinajstić information content (AvgIpc) is 2.83. The predicted octanol–water partition coefficient (Wildman–Crippen LogP) is 1.09. The van der Waals surface area contributed by atoms with Gasteiger partial charge in [-0.1, -0.05) is 0 Å². The van der Waals surface area contributed by atoms with Gasteiger partial charge in [0.2, 0.25) is 5.91 Å². The van der Waals surface area contributed by atoms with E-state index in [9.17, 15) is 14.7 Å². The van der Waals surface area contributed by atoms with Crippen molar-refractivity contribution in [1.82, 2.24) is 9.80 Å². The molecule has 0 radical (unpaired) electrons. The number of aliphatic hydroxyl groups is 1. The highest BCUT2D eigenvalue weighted by Crippen LogP contribution is 2.29. The third-order valence-corrected chi connectivity index (χ3v) is 6.35. The van der Waals surface area contributed by atoms with Gasteiger partial charge in [-0.05, 0) is 37.1 Å². The second-order valence-electron chi connectivity index (χ2n) is 8.64. The van der Waals surface area contributed by atoms with Crippen molar-refractivity contribution in [1.29, 1.82) is 0 Å². The molecule has 1 aromatic rings. The predicted molar refractivity (Wildman–Crippen MR) is 119 cm³/mol. The molecule has 3 aliphatic heterocycles. The van der Waals surface area contributed by atoms with Crippen molar-refractivity contribution in [2.75, 3.05) is 58.5 Å². The first kappa shape index (κ1) is 23.7. The summed E-state index contributed by atoms with van der Waals surface area (Å²) in [7, 11) is 1.59. The number of urea groups is 1. The second-order valence-corrected chi connectivity index (χ2v) is 8.64. The molecule has 0 unspecified atom stereocenters. The Morgan fingerprint density at radius 2 is 1.88 bits per heavy atom. The molecule has 0 saturated carbocycles. The fourth-order valence-electron chi connectivity index (χ4n) is 4.58. The number of hydrogen-bond donors (Lipinski definition) is 2. The third-order valence-electron chi connectivity index (χ3n) is 6.35. The van der Waals surface area contributed by atoms with Gasteiger partial charge >= 0.3 is 6.03 Å². The number of nitrogens with zero attached hydrogens (tertiary/aromatic N) is 2. The maximum atomic E-state index is 13.2. The van der Waals surface area contributed by atoms with Crippen molar-refractivity contribution in [3.05, 3.63) is 24.3 Å². The van der Waals surface area contributed by atoms with E-state index in [1.165, 1.54) is 0 Å². The van der Waals surface area contributed by atoms with Crippen LogP contribution in [0.15, 0.2) is 24.3 Å². The molecule has 3 aliphatic rings. The van der Waals surface area contributed by atoms with Gasteiger partial charge in [-0.3, -0.25) is 4.79 Å². The Bertz CT molecular complexity index is 800. The largest absolute Gasteiger partial charge is 0.497 e. The van der Waals surface area contributed by atoms with E-state index in [0.29, 0.717) is 57.0 Å². The third kappa shape index (κ3) is 6.14. The molecule has 4 atom stereocenters. The number of rotatable bonds is 4. The molecule has 182 valence electrons. The minimum Gasteiger partial charge on any atom is -0.497 e. The van der Waals surface area contributed by atoms with E-state index in [-0.39, 0.29) is 49.9 Å². The number of aliphatic hydroxyl groups excluding tert-OH is 1. The summed E-state index contributed by atoms with van der Waals surface area (Å²) in [6.07, 6.45) is 0.256. The minimum absolute atomic E-state index is 0.0676. The molecular weight excluding hydrogens is 430 g/mol. The van der Waals surface area contributed by atoms with Crippen molar-refractivity contribution in [2.24, 2.45) is 0 Å². The van der Waals surface area contributed by atoms with Crippen LogP contribution in [-0.2, 0) is 19.0 Å². The molecule has 4 rings (SSSR count). The highest BCUT2D eigenvalue weighted by Gasteiger charge is 2.40. The average molecular weight is 464 g/mol. The van der Waals surface area contributed by atoms with Crippen LogP contribution in [0.2, 0.25) is 0 Å². The maximum Gasteiger partial charge on any atom is 0.322 e. The smallest absolute Gasteiger partial charge is 0.322 e. The van der Waals surface area contributed by atoms with Gasteiger partial charge < -0.3 is 39.2 Å². The number of nitrogens with one attached hydrogen (secondary N) is 1. The van der Waals surface area contributed by atoms with Crippen molar-refractivity contribution in [3.8, 4) is 5.75 Å². The van der Waals surface area contributed by atoms with Gasteiger partial charge in [-0.2, -0.15) is 0 Å². The molecule has 0 aromatic heterocycles. The van der Waals surface area contributed by atoms with Crippen LogP contribution in [-0.4, -0.2) is 104 Å². The molecule has 3 saturated heterocycles. The van der Waals surface area contributed by atoms with Crippen molar-refractivity contribution in [2.45, 2.75) is 43.6 Å². The normalized spacial score (nSPS) is 28.3. The monoisotopic (exact) mass is 463 g/mol. The fourth-order valence-corrected chi connectivity index (χ4v) is 4.58. The highest BCUT2D eigenvalue weighted by molar-refractivity contribution is 5.89. The maximum absolute atomic E-state index is 13.2. The number of benzene rings is 1. The second kappa shape index (κ2) is 11.1. The summed E-state index contributed by atoms with van der Waals surface area (Å²) >= 11 is 0. The first-order chi connectivity index (χ1) is 16.0. The zero-order valence-electron chi connectivity index (χ0n) is 19.0. The van der Waals surface area contributed by atoms with E-state index in [2.05, 4.69) is 5.32 Å². The van der Waals surface area contributed by atoms with Gasteiger partial charge in [-0.25, -0.2) is 4.79 Å². The summed E-state index contributed by atoms with van der Waals surface area (Å²) in [5.41, 5.74) is 0.635. The van der Waals surface area contributed by atoms with Crippen LogP contribution in [0.25, 0.3) is 0 Å². The lowest BCUT2D eigenvalue weighted by atomic mass is 9.94. The fraction of sp³-hybridized carbons (Fsp3) is 0.652. The Labute approximate surface area is 193 Å². The standard InChI is InChI=1S/C23H33N3O7/c1-30-18-4-2-16(3-5-18)24-23(29)26-13-17(27)14-32-15-21-20(26)7-6-19(33-21)12-22(28)25-8-10-31-11-9-25/h2-5,17,19-21,27H,6-15H2,1H3,(H,24,29)/t17-,19+,20-,21+/m1/s1. The molecule has 10 heteroatoms. The van der Waals surface area contributed by atoms with Crippen molar-refractivity contribution < 1.29 is 33.6 Å². The molecule has 3 amide bonds. The number of β-amino-alcohol motifs (C(OH)–C–C–N with tert-alkyl or cyclic N) is 1. The summed E-state index contributed by atoms with van der Waals surface area (Å²) < 4.78 is 22.4. The molecular formula is C23H33N3O7. The number of morpholine rings is 1. The van der Waals surface area contributed by atoms with Gasteiger partial charge in [0.15, 0.2) is 0 Å². The van der Waals surface area contributed by atoms with Crippen LogP contribution in [0.1, 0.15) is 19.3 Å². The number of ether oxygens (including phenoxy) is 4. The van der Waals surface area contributed by atoms with Crippen molar-refractivity contribution in [3.63, 3.8) is 0 Å². The molecule has 0 bridgehead atoms. The van der Waals surface area contributed by atoms with E-state index in [4.69, 9.17) is 18.9 Å². The molecule has 0 aliphatic carbocycles. The highest BCUT2D eigenvalue weighted by atomic mass is 16.5. The van der Waals surface area contributed by atoms with Crippen LogP contribution < -0.4 is 10.1 Å². The Hall–Kier alpha value is -2.40. The lowest BCUT2D eigenvalue weighted by Crippen LogP contribution is -2.58. The van der Waals surface area contributed by atoms with Crippen LogP contribution in [0.4, 0.5) is 10.5 Å². The number of fused-ring (bicyclic) bond motifs is 1. The zero-order valence-corrected chi connectivity index (χ0v) is 19.0. The van der Waals surface area contributed by atoms with Crippen LogP contribution >= 0.6 is 0 Å². The first-order valence-corrected chi connectivity index (χ1v) is 11.5. The Morgan fingerprint density at radius 3 is 2.61 bits per heavy atom. The lowest BCUT2D eigenvalue weighted by molar-refractivity contribution is -0.156. The van der Waals surface area contributed by atoms with Crippen LogP contribution in [0.3, 0.4) is 0 Å². The topological polar surface area (TPSA) is 110 Å². The molecule has 0 spiro atoms. The summed E-state index contributed by atoms with van der Waals surface area (Å²) in [5, 5.41) is 13.2. The summed E-state index contributed by atoms with van der Waals surface area (Å²) in [4.78, 5) is 29.3. The van der Waals surface area contributed by atoms with E-state index in [1.54, 1.807) is 36.3 Å². The number of amides is 3. The minimum atomic E-state index is -0.784. The van der Waals surface area contributed by atoms with Crippen LogP contribution in [0.5, 0.6) is 5.75 Å². The summed E-state index contributed by atoms with van der Waals surface area (Å²) in [5.74, 6) is 0.767. The summed E-state index contributed by atoms with van der Waals surface area (Å²) in [6.45, 7) is 2.87. The summed E-state index contributed by atoms with van der Waals surface area (Å²) in [6, 6.07) is 6.52. The van der Waals surface area contributed by atoms with Gasteiger partial charge in [0.05, 0.1) is 64.8 Å². The molecule has 10 nitrogen and oxygen atoms in total. The SMILES string of the molecule is COc1ccc(NC(=O)N2C[C@@H](O)COC[C@@H]3O[C@H](CC(=O)N4CCOCC4)CC[C@H]32)cc1. The number of carbonyl (C=O) groups excluding carboxylic acids is 2. The van der Waals surface area contributed by atoms with E-state index < -0.39 is 6.10 Å². The Kier molecular flexibility index (Phi) is 8.02. The number of methoxy groups -OCH3 is 1. The quantitative estimate of drug-likeness (QED) is 0.688. The van der Waals surface area contributed by atoms with E-state index in [1.807, 2.05) is 4.90 Å². The Morgan fingerprint density at radius 1 is 1.12 bits per heavy atom. The van der Waals surface area contributed by atoms with Crippen LogP contribution in [0, 0.1) is 0 Å². The Balaban J connectivity index is 1.40. The van der Waals surface area contributed by atoms with E-state index >= 15 is 0 Å². The number of carbonyl (C=O) groups is 2. The molecule has 3 fully saturated rings. The van der Waals surface area contributed by atoms with Crippen molar-refractivity contribution >= 4 is 17.6 Å². The van der Waals surface area contributed by atoms with E-state index in [0.717, 1.165) is 0 Å². The van der Waals surface area contributed by atoms with Gasteiger partial charge in [0.1, 0.15) is 11.9 Å². The number of hydrogen-bond acceptors (Lipinski definition) is 7. The molecule has 3 heterocycles. The first-order valence-electron chi connectivity index (χ1n) is 11.5. The van der Waals surface area contributed by atoms with Gasteiger partial charge in [-0.15, -0.1) is 0 Å². The molecule has 2 N–H and O–H groups in total. The molecule has 1 aromatic carbocycles. The van der Waals surface area contributed by atoms with Gasteiger partial charge in [0.25, 0.3) is 0 Å². The zero-order chi connectivity index (χ0) is 23.2. The number of anilines is 1.